The van der Waals surface area contributed by atoms with E-state index in [1.165, 1.54) is 41.0 Å². The van der Waals surface area contributed by atoms with Gasteiger partial charge in [-0.25, -0.2) is 0 Å². The Kier molecular flexibility index (Phi) is 2.58. The summed E-state index contributed by atoms with van der Waals surface area (Å²) in [7, 11) is 0. The highest BCUT2D eigenvalue weighted by atomic mass is 15.3. The van der Waals surface area contributed by atoms with Crippen LogP contribution in [0, 0.1) is 0 Å². The quantitative estimate of drug-likeness (QED) is 0.700. The zero-order valence-corrected chi connectivity index (χ0v) is 11.2. The Morgan fingerprint density at radius 3 is 1.89 bits per heavy atom. The highest BCUT2D eigenvalue weighted by molar-refractivity contribution is 5.59. The number of hydrogen-bond donors (Lipinski definition) is 0. The van der Waals surface area contributed by atoms with E-state index in [4.69, 9.17) is 0 Å². The van der Waals surface area contributed by atoms with Crippen molar-refractivity contribution in [3.8, 4) is 0 Å². The summed E-state index contributed by atoms with van der Waals surface area (Å²) in [6.45, 7) is 2.48. The molecule has 4 aliphatic carbocycles. The third-order valence-corrected chi connectivity index (χ3v) is 4.35. The SMILES string of the molecule is c1cc2ccc1CCc1ccc(c(N3CC3)c1)CC2. The fourth-order valence-corrected chi connectivity index (χ4v) is 3.00. The van der Waals surface area contributed by atoms with Crippen molar-refractivity contribution in [1.82, 2.24) is 0 Å². The van der Waals surface area contributed by atoms with Gasteiger partial charge in [-0.1, -0.05) is 36.4 Å². The van der Waals surface area contributed by atoms with Gasteiger partial charge >= 0.3 is 0 Å². The molecule has 0 spiro atoms. The van der Waals surface area contributed by atoms with Crippen LogP contribution in [0.1, 0.15) is 22.3 Å². The smallest absolute Gasteiger partial charge is 0.0402 e. The van der Waals surface area contributed by atoms with Gasteiger partial charge in [0, 0.05) is 18.8 Å². The Morgan fingerprint density at radius 2 is 1.21 bits per heavy atom. The van der Waals surface area contributed by atoms with Crippen LogP contribution in [0.4, 0.5) is 5.69 Å². The van der Waals surface area contributed by atoms with Crippen molar-refractivity contribution in [3.63, 3.8) is 0 Å². The van der Waals surface area contributed by atoms with Crippen LogP contribution in [0.5, 0.6) is 0 Å². The van der Waals surface area contributed by atoms with E-state index < -0.39 is 0 Å². The van der Waals surface area contributed by atoms with Gasteiger partial charge in [-0.2, -0.15) is 0 Å². The van der Waals surface area contributed by atoms with Gasteiger partial charge in [-0.3, -0.25) is 0 Å². The number of anilines is 1. The number of hydrogen-bond acceptors (Lipinski definition) is 1. The Labute approximate surface area is 114 Å². The largest absolute Gasteiger partial charge is 0.368 e. The maximum atomic E-state index is 2.49. The Hall–Kier alpha value is -1.76. The van der Waals surface area contributed by atoms with Gasteiger partial charge in [0.2, 0.25) is 0 Å². The normalized spacial score (nSPS) is 17.2. The predicted molar refractivity (Wildman–Crippen MR) is 79.9 cm³/mol. The standard InChI is InChI=1S/C18H19N/c1-3-15-4-2-14(1)5-6-16-8-10-17(9-7-15)18(13-16)19-11-12-19/h1-4,8,10,13H,5-7,9,11-12H2. The molecule has 1 heterocycles. The molecule has 0 N–H and O–H groups in total. The summed E-state index contributed by atoms with van der Waals surface area (Å²) in [6, 6.07) is 16.3. The van der Waals surface area contributed by atoms with Gasteiger partial charge in [-0.15, -0.1) is 0 Å². The molecule has 5 aliphatic rings. The van der Waals surface area contributed by atoms with E-state index in [-0.39, 0.29) is 0 Å². The van der Waals surface area contributed by atoms with E-state index in [0.29, 0.717) is 0 Å². The highest BCUT2D eigenvalue weighted by Gasteiger charge is 2.21. The van der Waals surface area contributed by atoms with Crippen molar-refractivity contribution >= 4 is 5.69 Å². The lowest BCUT2D eigenvalue weighted by atomic mass is 9.95. The molecule has 96 valence electrons. The summed E-state index contributed by atoms with van der Waals surface area (Å²) >= 11 is 0. The molecule has 7 rings (SSSR count). The van der Waals surface area contributed by atoms with Crippen molar-refractivity contribution in [2.45, 2.75) is 25.7 Å². The Balaban J connectivity index is 1.74. The molecule has 2 aromatic carbocycles. The zero-order chi connectivity index (χ0) is 12.7. The number of nitrogens with zero attached hydrogens (tertiary/aromatic N) is 1. The molecule has 1 fully saturated rings. The van der Waals surface area contributed by atoms with E-state index in [1.807, 2.05) is 0 Å². The van der Waals surface area contributed by atoms with E-state index in [1.54, 1.807) is 0 Å². The molecule has 1 heteroatoms. The average molecular weight is 249 g/mol. The monoisotopic (exact) mass is 249 g/mol. The fraction of sp³-hybridized carbons (Fsp3) is 0.333. The number of aryl methyl sites for hydroxylation is 4. The molecule has 1 saturated heterocycles. The van der Waals surface area contributed by atoms with Crippen LogP contribution in [0.2, 0.25) is 0 Å². The van der Waals surface area contributed by atoms with Gasteiger partial charge < -0.3 is 4.90 Å². The van der Waals surface area contributed by atoms with Crippen LogP contribution in [-0.4, -0.2) is 13.1 Å². The van der Waals surface area contributed by atoms with Crippen LogP contribution < -0.4 is 4.90 Å². The summed E-state index contributed by atoms with van der Waals surface area (Å²) in [5, 5.41) is 0. The lowest BCUT2D eigenvalue weighted by Crippen LogP contribution is -2.03. The minimum Gasteiger partial charge on any atom is -0.368 e. The summed E-state index contributed by atoms with van der Waals surface area (Å²) in [4.78, 5) is 2.49. The lowest BCUT2D eigenvalue weighted by Gasteiger charge is -2.15. The Morgan fingerprint density at radius 1 is 0.632 bits per heavy atom. The molecular formula is C18H19N. The molecule has 1 nitrogen and oxygen atoms in total. The van der Waals surface area contributed by atoms with Gasteiger partial charge in [0.15, 0.2) is 0 Å². The van der Waals surface area contributed by atoms with Crippen LogP contribution in [-0.2, 0) is 25.7 Å². The van der Waals surface area contributed by atoms with E-state index in [0.717, 1.165) is 25.7 Å². The van der Waals surface area contributed by atoms with E-state index in [9.17, 15) is 0 Å². The van der Waals surface area contributed by atoms with Crippen LogP contribution in [0.15, 0.2) is 42.5 Å². The first-order chi connectivity index (χ1) is 9.38. The van der Waals surface area contributed by atoms with Crippen LogP contribution in [0.25, 0.3) is 0 Å². The maximum absolute atomic E-state index is 2.49. The molecule has 0 radical (unpaired) electrons. The first-order valence-corrected chi connectivity index (χ1v) is 7.33. The molecule has 1 aliphatic heterocycles. The molecule has 0 unspecified atom stereocenters. The number of rotatable bonds is 1. The van der Waals surface area contributed by atoms with Crippen LogP contribution in [0.3, 0.4) is 0 Å². The molecule has 0 atom stereocenters. The molecule has 4 bridgehead atoms. The second kappa shape index (κ2) is 4.41. The highest BCUT2D eigenvalue weighted by Crippen LogP contribution is 2.29. The lowest BCUT2D eigenvalue weighted by molar-refractivity contribution is 0.920. The van der Waals surface area contributed by atoms with E-state index >= 15 is 0 Å². The first kappa shape index (κ1) is 11.1. The van der Waals surface area contributed by atoms with Gasteiger partial charge in [0.05, 0.1) is 0 Å². The second-order valence-electron chi connectivity index (χ2n) is 5.77. The zero-order valence-electron chi connectivity index (χ0n) is 11.2. The Bertz CT molecular complexity index is 594. The molecule has 19 heavy (non-hydrogen) atoms. The van der Waals surface area contributed by atoms with Crippen molar-refractivity contribution in [2.75, 3.05) is 18.0 Å². The summed E-state index contributed by atoms with van der Waals surface area (Å²) < 4.78 is 0. The third kappa shape index (κ3) is 2.25. The molecule has 0 amide bonds. The van der Waals surface area contributed by atoms with Gasteiger partial charge in [0.1, 0.15) is 0 Å². The summed E-state index contributed by atoms with van der Waals surface area (Å²) in [5.41, 5.74) is 7.42. The van der Waals surface area contributed by atoms with Gasteiger partial charge in [-0.05, 0) is 54.0 Å². The summed E-state index contributed by atoms with van der Waals surface area (Å²) in [6.07, 6.45) is 4.62. The molecule has 0 aromatic heterocycles. The topological polar surface area (TPSA) is 3.01 Å². The van der Waals surface area contributed by atoms with Crippen molar-refractivity contribution in [1.29, 1.82) is 0 Å². The maximum Gasteiger partial charge on any atom is 0.0402 e. The second-order valence-corrected chi connectivity index (χ2v) is 5.77. The van der Waals surface area contributed by atoms with Crippen LogP contribution >= 0.6 is 0 Å². The summed E-state index contributed by atoms with van der Waals surface area (Å²) in [5.74, 6) is 0. The minimum absolute atomic E-state index is 1.15. The fourth-order valence-electron chi connectivity index (χ4n) is 3.00. The molecule has 2 aromatic rings. The van der Waals surface area contributed by atoms with Crippen molar-refractivity contribution < 1.29 is 0 Å². The average Bonchev–Trinajstić information content (AvgIpc) is 3.26. The van der Waals surface area contributed by atoms with Gasteiger partial charge in [0.25, 0.3) is 0 Å². The van der Waals surface area contributed by atoms with Crippen molar-refractivity contribution in [3.05, 3.63) is 64.7 Å². The van der Waals surface area contributed by atoms with Crippen molar-refractivity contribution in [2.24, 2.45) is 0 Å². The first-order valence-electron chi connectivity index (χ1n) is 7.33. The molecular weight excluding hydrogens is 230 g/mol. The van der Waals surface area contributed by atoms with E-state index in [2.05, 4.69) is 47.4 Å². The molecule has 0 saturated carbocycles. The third-order valence-electron chi connectivity index (χ3n) is 4.35. The number of benzene rings is 2. The minimum atomic E-state index is 1.15. The predicted octanol–water partition coefficient (Wildman–Crippen LogP) is 3.39.